The second-order valence-corrected chi connectivity index (χ2v) is 10.5. The molecule has 3 amide bonds. The number of carbonyl (C=O) groups excluding carboxylic acids is 3. The summed E-state index contributed by atoms with van der Waals surface area (Å²) >= 11 is 0. The molecule has 0 aromatic heterocycles. The lowest BCUT2D eigenvalue weighted by molar-refractivity contribution is -0.144. The number of rotatable bonds is 8. The van der Waals surface area contributed by atoms with Crippen molar-refractivity contribution in [3.63, 3.8) is 0 Å². The molecule has 1 saturated carbocycles. The summed E-state index contributed by atoms with van der Waals surface area (Å²) in [6.07, 6.45) is -1.71. The van der Waals surface area contributed by atoms with Gasteiger partial charge in [-0.3, -0.25) is 9.59 Å². The van der Waals surface area contributed by atoms with Crippen molar-refractivity contribution in [3.05, 3.63) is 0 Å². The number of piperidine rings is 1. The number of hydrogen-bond donors (Lipinski definition) is 3. The highest BCUT2D eigenvalue weighted by molar-refractivity contribution is 5.94. The Morgan fingerprint density at radius 1 is 1.19 bits per heavy atom. The van der Waals surface area contributed by atoms with Gasteiger partial charge < -0.3 is 25.4 Å². The van der Waals surface area contributed by atoms with Crippen LogP contribution in [0.25, 0.3) is 0 Å². The molecule has 1 saturated heterocycles. The molecule has 3 N–H and O–H groups in total. The van der Waals surface area contributed by atoms with Crippen LogP contribution in [0.2, 0.25) is 0 Å². The molecule has 10 heteroatoms. The normalized spacial score (nSPS) is 26.5. The van der Waals surface area contributed by atoms with Crippen LogP contribution >= 0.6 is 0 Å². The van der Waals surface area contributed by atoms with E-state index in [1.54, 1.807) is 20.8 Å². The van der Waals surface area contributed by atoms with E-state index in [1.165, 1.54) is 4.90 Å². The Bertz CT molecular complexity index is 744. The second kappa shape index (κ2) is 8.35. The summed E-state index contributed by atoms with van der Waals surface area (Å²) in [6.45, 7) is 10.2. The minimum absolute atomic E-state index is 0.0623. The standard InChI is InChI=1S/C21H33F2N3O5/c1-19(2,3)15(25-18(30)31)17(29)26-9-12-13(20(12,4)5)14(26)16(28)24-11(10-27)7-8-21(6,22)23/h10-15,25H,7-9H2,1-6H3,(H,24,28)(H,30,31)/t11?,12-,13-,14-,15?/m0/s1. The van der Waals surface area contributed by atoms with Crippen LogP contribution in [-0.4, -0.2) is 64.8 Å². The first-order chi connectivity index (χ1) is 14.0. The highest BCUT2D eigenvalue weighted by Crippen LogP contribution is 2.65. The summed E-state index contributed by atoms with van der Waals surface area (Å²) in [7, 11) is 0. The summed E-state index contributed by atoms with van der Waals surface area (Å²) in [5.74, 6) is -4.14. The van der Waals surface area contributed by atoms with E-state index in [4.69, 9.17) is 0 Å². The number of aldehydes is 1. The SMILES string of the molecule is CC(F)(F)CCC(C=O)NC(=O)[C@@H]1[C@@H]2[C@H](CN1C(=O)C(NC(=O)O)C(C)(C)C)C2(C)C. The molecule has 0 aromatic rings. The van der Waals surface area contributed by atoms with Crippen molar-refractivity contribution >= 4 is 24.2 Å². The van der Waals surface area contributed by atoms with Crippen LogP contribution in [-0.2, 0) is 14.4 Å². The van der Waals surface area contributed by atoms with E-state index in [9.17, 15) is 33.1 Å². The van der Waals surface area contributed by atoms with Crippen molar-refractivity contribution in [3.8, 4) is 0 Å². The van der Waals surface area contributed by atoms with Gasteiger partial charge in [0.15, 0.2) is 0 Å². The van der Waals surface area contributed by atoms with Gasteiger partial charge >= 0.3 is 6.09 Å². The van der Waals surface area contributed by atoms with Gasteiger partial charge in [0, 0.05) is 13.0 Å². The van der Waals surface area contributed by atoms with Gasteiger partial charge in [-0.25, -0.2) is 13.6 Å². The molecular formula is C21H33F2N3O5. The molecule has 176 valence electrons. The minimum Gasteiger partial charge on any atom is -0.465 e. The van der Waals surface area contributed by atoms with Gasteiger partial charge in [-0.15, -0.1) is 0 Å². The molecule has 2 aliphatic rings. The van der Waals surface area contributed by atoms with E-state index in [-0.39, 0.29) is 23.7 Å². The van der Waals surface area contributed by atoms with E-state index in [0.29, 0.717) is 12.8 Å². The molecule has 2 rings (SSSR count). The number of carbonyl (C=O) groups is 4. The fraction of sp³-hybridized carbons (Fsp3) is 0.810. The van der Waals surface area contributed by atoms with Crippen LogP contribution in [0, 0.1) is 22.7 Å². The van der Waals surface area contributed by atoms with E-state index < -0.39 is 53.8 Å². The van der Waals surface area contributed by atoms with Crippen molar-refractivity contribution in [2.24, 2.45) is 22.7 Å². The van der Waals surface area contributed by atoms with Gasteiger partial charge in [0.25, 0.3) is 0 Å². The number of hydrogen-bond acceptors (Lipinski definition) is 4. The Labute approximate surface area is 181 Å². The highest BCUT2D eigenvalue weighted by Gasteiger charge is 2.69. The van der Waals surface area contributed by atoms with Crippen LogP contribution in [0.15, 0.2) is 0 Å². The summed E-state index contributed by atoms with van der Waals surface area (Å²) in [6, 6.07) is -3.05. The highest BCUT2D eigenvalue weighted by atomic mass is 19.3. The number of nitrogens with zero attached hydrogens (tertiary/aromatic N) is 1. The van der Waals surface area contributed by atoms with E-state index >= 15 is 0 Å². The maximum Gasteiger partial charge on any atom is 0.405 e. The quantitative estimate of drug-likeness (QED) is 0.496. The average Bonchev–Trinajstić information content (AvgIpc) is 2.96. The van der Waals surface area contributed by atoms with Crippen LogP contribution < -0.4 is 10.6 Å². The Morgan fingerprint density at radius 2 is 1.77 bits per heavy atom. The lowest BCUT2D eigenvalue weighted by Crippen LogP contribution is -2.59. The van der Waals surface area contributed by atoms with E-state index in [0.717, 1.165) is 6.92 Å². The molecule has 0 aromatic carbocycles. The predicted molar refractivity (Wildman–Crippen MR) is 109 cm³/mol. The van der Waals surface area contributed by atoms with Crippen LogP contribution in [0.1, 0.15) is 54.4 Å². The average molecular weight is 446 g/mol. The zero-order chi connectivity index (χ0) is 23.9. The molecule has 2 unspecified atom stereocenters. The fourth-order valence-corrected chi connectivity index (χ4v) is 4.60. The monoisotopic (exact) mass is 445 g/mol. The van der Waals surface area contributed by atoms with Gasteiger partial charge in [0.2, 0.25) is 17.7 Å². The summed E-state index contributed by atoms with van der Waals surface area (Å²) in [5.41, 5.74) is -0.930. The number of carboxylic acid groups (broad SMARTS) is 1. The fourth-order valence-electron chi connectivity index (χ4n) is 4.60. The van der Waals surface area contributed by atoms with Crippen LogP contribution in [0.4, 0.5) is 13.6 Å². The number of amides is 3. The molecule has 1 aliphatic carbocycles. The Kier molecular flexibility index (Phi) is 6.73. The van der Waals surface area contributed by atoms with E-state index in [2.05, 4.69) is 10.6 Å². The smallest absolute Gasteiger partial charge is 0.405 e. The molecule has 0 spiro atoms. The van der Waals surface area contributed by atoms with Crippen molar-refractivity contribution in [2.75, 3.05) is 6.54 Å². The molecule has 8 nitrogen and oxygen atoms in total. The third kappa shape index (κ3) is 5.51. The first-order valence-corrected chi connectivity index (χ1v) is 10.4. The van der Waals surface area contributed by atoms with Crippen LogP contribution in [0.5, 0.6) is 0 Å². The number of fused-ring (bicyclic) bond motifs is 1. The molecule has 1 heterocycles. The van der Waals surface area contributed by atoms with Gasteiger partial charge in [-0.05, 0) is 36.0 Å². The Hall–Kier alpha value is -2.26. The van der Waals surface area contributed by atoms with Gasteiger partial charge in [-0.1, -0.05) is 34.6 Å². The topological polar surface area (TPSA) is 116 Å². The van der Waals surface area contributed by atoms with Crippen molar-refractivity contribution in [2.45, 2.75) is 78.4 Å². The Balaban J connectivity index is 2.23. The number of nitrogens with one attached hydrogen (secondary N) is 2. The molecular weight excluding hydrogens is 412 g/mol. The minimum atomic E-state index is -2.96. The molecule has 31 heavy (non-hydrogen) atoms. The first-order valence-electron chi connectivity index (χ1n) is 10.4. The zero-order valence-electron chi connectivity index (χ0n) is 18.9. The zero-order valence-corrected chi connectivity index (χ0v) is 18.9. The maximum atomic E-state index is 13.3. The molecule has 0 bridgehead atoms. The van der Waals surface area contributed by atoms with Crippen molar-refractivity contribution in [1.82, 2.24) is 15.5 Å². The lowest BCUT2D eigenvalue weighted by atomic mass is 9.85. The predicted octanol–water partition coefficient (Wildman–Crippen LogP) is 2.27. The molecule has 5 atom stereocenters. The molecule has 2 fully saturated rings. The van der Waals surface area contributed by atoms with Gasteiger partial charge in [-0.2, -0.15) is 0 Å². The lowest BCUT2D eigenvalue weighted by Gasteiger charge is -2.37. The first kappa shape index (κ1) is 25.0. The van der Waals surface area contributed by atoms with Gasteiger partial charge in [0.1, 0.15) is 18.4 Å². The molecule has 1 aliphatic heterocycles. The summed E-state index contributed by atoms with van der Waals surface area (Å²) < 4.78 is 26.3. The van der Waals surface area contributed by atoms with Crippen molar-refractivity contribution in [1.29, 1.82) is 0 Å². The van der Waals surface area contributed by atoms with Crippen LogP contribution in [0.3, 0.4) is 0 Å². The van der Waals surface area contributed by atoms with Gasteiger partial charge in [0.05, 0.1) is 6.04 Å². The summed E-state index contributed by atoms with van der Waals surface area (Å²) in [4.78, 5) is 50.3. The maximum absolute atomic E-state index is 13.3. The molecule has 0 radical (unpaired) electrons. The third-order valence-corrected chi connectivity index (χ3v) is 6.53. The third-order valence-electron chi connectivity index (χ3n) is 6.53. The number of likely N-dealkylation sites (tertiary alicyclic amines) is 1. The Morgan fingerprint density at radius 3 is 2.23 bits per heavy atom. The second-order valence-electron chi connectivity index (χ2n) is 10.5. The van der Waals surface area contributed by atoms with Crippen molar-refractivity contribution < 1.29 is 33.1 Å². The number of alkyl halides is 2. The summed E-state index contributed by atoms with van der Waals surface area (Å²) in [5, 5.41) is 13.9. The number of halogens is 2. The van der Waals surface area contributed by atoms with E-state index in [1.807, 2.05) is 13.8 Å². The largest absolute Gasteiger partial charge is 0.465 e.